The lowest BCUT2D eigenvalue weighted by Gasteiger charge is -2.20. The van der Waals surface area contributed by atoms with Crippen molar-refractivity contribution >= 4 is 23.2 Å². The largest absolute Gasteiger partial charge is 0.335 e. The van der Waals surface area contributed by atoms with Crippen molar-refractivity contribution in [2.75, 3.05) is 13.1 Å². The maximum absolute atomic E-state index is 12.3. The fourth-order valence-corrected chi connectivity index (χ4v) is 1.83. The molecule has 0 atom stereocenters. The molecule has 5 nitrogen and oxygen atoms in total. The van der Waals surface area contributed by atoms with Crippen molar-refractivity contribution in [3.63, 3.8) is 0 Å². The van der Waals surface area contributed by atoms with Crippen molar-refractivity contribution in [2.45, 2.75) is 13.8 Å². The van der Waals surface area contributed by atoms with Crippen molar-refractivity contribution in [3.8, 4) is 0 Å². The van der Waals surface area contributed by atoms with Gasteiger partial charge in [-0.25, -0.2) is 0 Å². The standard InChI is InChI=1S/C13H15ClN2O3/c1-4-15(8-9(2)3)13(17)11-7-10(14)5-6-12(11)16(18)19/h5-7H,2,4,8H2,1,3H3. The van der Waals surface area contributed by atoms with Gasteiger partial charge in [0, 0.05) is 24.2 Å². The van der Waals surface area contributed by atoms with Crippen LogP contribution in [0.2, 0.25) is 5.02 Å². The van der Waals surface area contributed by atoms with E-state index in [9.17, 15) is 14.9 Å². The number of nitro benzene ring substituents is 1. The maximum Gasteiger partial charge on any atom is 0.282 e. The highest BCUT2D eigenvalue weighted by molar-refractivity contribution is 6.31. The van der Waals surface area contributed by atoms with Gasteiger partial charge in [0.25, 0.3) is 11.6 Å². The molecule has 0 radical (unpaired) electrons. The number of nitro groups is 1. The molecule has 0 aliphatic carbocycles. The summed E-state index contributed by atoms with van der Waals surface area (Å²) < 4.78 is 0. The molecule has 0 spiro atoms. The molecule has 1 amide bonds. The molecule has 0 saturated heterocycles. The Hall–Kier alpha value is -1.88. The van der Waals surface area contributed by atoms with Crippen molar-refractivity contribution < 1.29 is 9.72 Å². The molecule has 1 aromatic carbocycles. The Morgan fingerprint density at radius 2 is 2.16 bits per heavy atom. The van der Waals surface area contributed by atoms with Gasteiger partial charge < -0.3 is 4.90 Å². The first kappa shape index (κ1) is 15.2. The minimum absolute atomic E-state index is 0.000556. The Balaban J connectivity index is 3.19. The van der Waals surface area contributed by atoms with Gasteiger partial charge in [0.15, 0.2) is 0 Å². The Morgan fingerprint density at radius 1 is 1.53 bits per heavy atom. The minimum Gasteiger partial charge on any atom is -0.335 e. The van der Waals surface area contributed by atoms with Crippen molar-refractivity contribution in [2.24, 2.45) is 0 Å². The lowest BCUT2D eigenvalue weighted by Crippen LogP contribution is -2.32. The van der Waals surface area contributed by atoms with E-state index < -0.39 is 10.8 Å². The topological polar surface area (TPSA) is 63.5 Å². The van der Waals surface area contributed by atoms with Crippen LogP contribution in [0.1, 0.15) is 24.2 Å². The van der Waals surface area contributed by atoms with Gasteiger partial charge in [-0.3, -0.25) is 14.9 Å². The van der Waals surface area contributed by atoms with Crippen LogP contribution in [0.5, 0.6) is 0 Å². The molecule has 0 aromatic heterocycles. The van der Waals surface area contributed by atoms with Gasteiger partial charge >= 0.3 is 0 Å². The zero-order chi connectivity index (χ0) is 14.6. The fourth-order valence-electron chi connectivity index (χ4n) is 1.66. The monoisotopic (exact) mass is 282 g/mol. The SMILES string of the molecule is C=C(C)CN(CC)C(=O)c1cc(Cl)ccc1[N+](=O)[O-]. The molecule has 0 unspecified atom stereocenters. The lowest BCUT2D eigenvalue weighted by molar-refractivity contribution is -0.385. The van der Waals surface area contributed by atoms with E-state index in [2.05, 4.69) is 6.58 Å². The van der Waals surface area contributed by atoms with Gasteiger partial charge in [-0.15, -0.1) is 0 Å². The summed E-state index contributed by atoms with van der Waals surface area (Å²) in [5, 5.41) is 11.2. The molecule has 0 heterocycles. The molecule has 1 rings (SSSR count). The van der Waals surface area contributed by atoms with E-state index in [0.29, 0.717) is 18.1 Å². The summed E-state index contributed by atoms with van der Waals surface area (Å²) in [4.78, 5) is 24.2. The number of halogens is 1. The minimum atomic E-state index is -0.585. The maximum atomic E-state index is 12.3. The first-order valence-electron chi connectivity index (χ1n) is 5.74. The van der Waals surface area contributed by atoms with Crippen LogP contribution in [-0.2, 0) is 0 Å². The highest BCUT2D eigenvalue weighted by Gasteiger charge is 2.24. The smallest absolute Gasteiger partial charge is 0.282 e. The number of amides is 1. The molecule has 6 heteroatoms. The molecular formula is C13H15ClN2O3. The molecular weight excluding hydrogens is 268 g/mol. The molecule has 0 N–H and O–H groups in total. The van der Waals surface area contributed by atoms with Gasteiger partial charge in [-0.2, -0.15) is 0 Å². The number of benzene rings is 1. The van der Waals surface area contributed by atoms with Gasteiger partial charge in [0.05, 0.1) is 4.92 Å². The first-order valence-corrected chi connectivity index (χ1v) is 6.12. The summed E-state index contributed by atoms with van der Waals surface area (Å²) in [6.45, 7) is 8.14. The lowest BCUT2D eigenvalue weighted by atomic mass is 10.1. The Bertz CT molecular complexity index is 529. The molecule has 102 valence electrons. The Morgan fingerprint density at radius 3 is 2.63 bits per heavy atom. The Kier molecular flexibility index (Phi) is 5.06. The quantitative estimate of drug-likeness (QED) is 0.473. The van der Waals surface area contributed by atoms with E-state index in [1.807, 2.05) is 0 Å². The van der Waals surface area contributed by atoms with Crippen molar-refractivity contribution in [3.05, 3.63) is 51.1 Å². The summed E-state index contributed by atoms with van der Waals surface area (Å²) >= 11 is 5.81. The summed E-state index contributed by atoms with van der Waals surface area (Å²) in [6, 6.07) is 3.96. The van der Waals surface area contributed by atoms with Crippen LogP contribution in [0.25, 0.3) is 0 Å². The average Bonchev–Trinajstić information content (AvgIpc) is 2.34. The molecule has 1 aromatic rings. The first-order chi connectivity index (χ1) is 8.86. The predicted molar refractivity (Wildman–Crippen MR) is 74.5 cm³/mol. The van der Waals surface area contributed by atoms with Crippen LogP contribution in [-0.4, -0.2) is 28.8 Å². The van der Waals surface area contributed by atoms with E-state index in [-0.39, 0.29) is 11.3 Å². The number of hydrogen-bond donors (Lipinski definition) is 0. The fraction of sp³-hybridized carbons (Fsp3) is 0.308. The van der Waals surface area contributed by atoms with Crippen LogP contribution in [0.15, 0.2) is 30.4 Å². The summed E-state index contributed by atoms with van der Waals surface area (Å²) in [7, 11) is 0. The van der Waals surface area contributed by atoms with E-state index in [1.165, 1.54) is 23.1 Å². The van der Waals surface area contributed by atoms with E-state index in [1.54, 1.807) is 13.8 Å². The average molecular weight is 283 g/mol. The second-order valence-electron chi connectivity index (χ2n) is 4.20. The van der Waals surface area contributed by atoms with Crippen LogP contribution in [0.3, 0.4) is 0 Å². The highest BCUT2D eigenvalue weighted by atomic mass is 35.5. The Labute approximate surface area is 116 Å². The van der Waals surface area contributed by atoms with E-state index >= 15 is 0 Å². The zero-order valence-corrected chi connectivity index (χ0v) is 11.6. The van der Waals surface area contributed by atoms with E-state index in [4.69, 9.17) is 11.6 Å². The van der Waals surface area contributed by atoms with Crippen LogP contribution < -0.4 is 0 Å². The summed E-state index contributed by atoms with van der Waals surface area (Å²) in [6.07, 6.45) is 0. The summed E-state index contributed by atoms with van der Waals surface area (Å²) in [5.41, 5.74) is 0.565. The number of carbonyl (C=O) groups is 1. The highest BCUT2D eigenvalue weighted by Crippen LogP contribution is 2.24. The molecule has 0 saturated carbocycles. The molecule has 0 aliphatic rings. The molecule has 0 bridgehead atoms. The van der Waals surface area contributed by atoms with E-state index in [0.717, 1.165) is 5.57 Å². The number of carbonyl (C=O) groups excluding carboxylic acids is 1. The second-order valence-corrected chi connectivity index (χ2v) is 4.63. The van der Waals surface area contributed by atoms with Crippen LogP contribution in [0.4, 0.5) is 5.69 Å². The number of hydrogen-bond acceptors (Lipinski definition) is 3. The third-order valence-corrected chi connectivity index (χ3v) is 2.75. The van der Waals surface area contributed by atoms with Crippen LogP contribution >= 0.6 is 11.6 Å². The number of likely N-dealkylation sites (N-methyl/N-ethyl adjacent to an activating group) is 1. The van der Waals surface area contributed by atoms with Gasteiger partial charge in [-0.1, -0.05) is 23.8 Å². The predicted octanol–water partition coefficient (Wildman–Crippen LogP) is 3.29. The normalized spacial score (nSPS) is 10.1. The van der Waals surface area contributed by atoms with Crippen molar-refractivity contribution in [1.29, 1.82) is 0 Å². The number of rotatable bonds is 5. The van der Waals surface area contributed by atoms with Crippen molar-refractivity contribution in [1.82, 2.24) is 4.90 Å². The van der Waals surface area contributed by atoms with Gasteiger partial charge in [-0.05, 0) is 26.0 Å². The second kappa shape index (κ2) is 6.33. The molecule has 19 heavy (non-hydrogen) atoms. The van der Waals surface area contributed by atoms with Crippen LogP contribution in [0, 0.1) is 10.1 Å². The summed E-state index contributed by atoms with van der Waals surface area (Å²) in [5.74, 6) is -0.417. The third-order valence-electron chi connectivity index (χ3n) is 2.52. The van der Waals surface area contributed by atoms with Gasteiger partial charge in [0.1, 0.15) is 5.56 Å². The zero-order valence-electron chi connectivity index (χ0n) is 10.9. The third kappa shape index (κ3) is 3.79. The number of nitrogens with zero attached hydrogens (tertiary/aromatic N) is 2. The van der Waals surface area contributed by atoms with Gasteiger partial charge in [0.2, 0.25) is 0 Å². The molecule has 0 aliphatic heterocycles. The molecule has 0 fully saturated rings.